The lowest BCUT2D eigenvalue weighted by Gasteiger charge is -2.34. The number of imidazole rings is 1. The van der Waals surface area contributed by atoms with E-state index < -0.39 is 5.97 Å². The van der Waals surface area contributed by atoms with Gasteiger partial charge in [-0.25, -0.2) is 19.6 Å². The zero-order valence-electron chi connectivity index (χ0n) is 16.6. The lowest BCUT2D eigenvalue weighted by Crippen LogP contribution is -2.49. The molecule has 4 rings (SSSR count). The molecule has 1 saturated heterocycles. The van der Waals surface area contributed by atoms with Crippen LogP contribution in [0.2, 0.25) is 0 Å². The number of rotatable bonds is 6. The number of aromatic amines is 1. The van der Waals surface area contributed by atoms with E-state index in [0.717, 1.165) is 16.5 Å². The predicted molar refractivity (Wildman–Crippen MR) is 116 cm³/mol. The van der Waals surface area contributed by atoms with Crippen molar-refractivity contribution in [2.75, 3.05) is 31.1 Å². The van der Waals surface area contributed by atoms with E-state index in [1.807, 2.05) is 17.0 Å². The number of hydrogen-bond donors (Lipinski definition) is 2. The predicted octanol–water partition coefficient (Wildman–Crippen LogP) is 3.12. The number of aromatic carboxylic acids is 1. The third-order valence-electron chi connectivity index (χ3n) is 4.83. The van der Waals surface area contributed by atoms with Crippen molar-refractivity contribution in [2.45, 2.75) is 10.9 Å². The van der Waals surface area contributed by atoms with Gasteiger partial charge in [-0.05, 0) is 29.8 Å². The van der Waals surface area contributed by atoms with Crippen molar-refractivity contribution in [2.24, 2.45) is 0 Å². The van der Waals surface area contributed by atoms with Gasteiger partial charge in [0.1, 0.15) is 11.6 Å². The molecule has 2 aromatic heterocycles. The molecule has 0 atom stereocenters. The number of H-pyrrole nitrogens is 1. The number of piperazine rings is 1. The summed E-state index contributed by atoms with van der Waals surface area (Å²) in [4.78, 5) is 38.5. The van der Waals surface area contributed by atoms with Gasteiger partial charge in [-0.15, -0.1) is 0 Å². The minimum Gasteiger partial charge on any atom is -0.478 e. The molecule has 0 spiro atoms. The Hall–Kier alpha value is -3.53. The van der Waals surface area contributed by atoms with Gasteiger partial charge in [0.2, 0.25) is 0 Å². The maximum atomic E-state index is 12.5. The number of thioether (sulfide) groups is 1. The normalized spacial score (nSPS) is 13.8. The van der Waals surface area contributed by atoms with Crippen LogP contribution in [0.4, 0.5) is 10.6 Å². The number of hydrogen-bond acceptors (Lipinski definition) is 7. The molecular weight excluding hydrogens is 418 g/mol. The van der Waals surface area contributed by atoms with Gasteiger partial charge in [0, 0.05) is 50.5 Å². The Bertz CT molecular complexity index is 1020. The van der Waals surface area contributed by atoms with Crippen LogP contribution in [-0.2, 0) is 5.75 Å². The fourth-order valence-electron chi connectivity index (χ4n) is 3.12. The summed E-state index contributed by atoms with van der Waals surface area (Å²) >= 11 is 1.60. The van der Waals surface area contributed by atoms with E-state index in [1.165, 1.54) is 12.3 Å². The first kappa shape index (κ1) is 20.7. The van der Waals surface area contributed by atoms with E-state index in [-0.39, 0.29) is 11.7 Å². The number of anilines is 1. The number of carboxylic acid groups (broad SMARTS) is 1. The molecule has 0 saturated carbocycles. The Morgan fingerprint density at radius 3 is 2.45 bits per heavy atom. The van der Waals surface area contributed by atoms with Crippen molar-refractivity contribution in [1.82, 2.24) is 19.9 Å². The standard InChI is InChI=1S/C21H21N5O4S/c27-19(28)16-3-6-18(24-13-16)25-9-11-26(12-10-25)21(29)30-17-4-1-15(2-5-17)14-31-20-22-7-8-23-20/h1-8,13H,9-12,14H2,(H,22,23)(H,27,28). The Labute approximate surface area is 183 Å². The molecule has 1 aliphatic rings. The average molecular weight is 439 g/mol. The molecule has 3 aromatic rings. The summed E-state index contributed by atoms with van der Waals surface area (Å²) in [6.45, 7) is 2.19. The Morgan fingerprint density at radius 2 is 1.84 bits per heavy atom. The zero-order chi connectivity index (χ0) is 21.6. The second-order valence-electron chi connectivity index (χ2n) is 6.88. The van der Waals surface area contributed by atoms with Gasteiger partial charge >= 0.3 is 12.1 Å². The smallest absolute Gasteiger partial charge is 0.415 e. The summed E-state index contributed by atoms with van der Waals surface area (Å²) in [5.41, 5.74) is 1.26. The van der Waals surface area contributed by atoms with Crippen LogP contribution in [-0.4, -0.2) is 63.2 Å². The van der Waals surface area contributed by atoms with Crippen LogP contribution in [0, 0.1) is 0 Å². The van der Waals surface area contributed by atoms with Gasteiger partial charge < -0.3 is 24.6 Å². The third-order valence-corrected chi connectivity index (χ3v) is 5.81. The number of carboxylic acids is 1. The van der Waals surface area contributed by atoms with Crippen LogP contribution in [0.1, 0.15) is 15.9 Å². The summed E-state index contributed by atoms with van der Waals surface area (Å²) < 4.78 is 5.50. The Balaban J connectivity index is 1.25. The van der Waals surface area contributed by atoms with Gasteiger partial charge in [0.05, 0.1) is 5.56 Å². The topological polar surface area (TPSA) is 112 Å². The van der Waals surface area contributed by atoms with Crippen LogP contribution >= 0.6 is 11.8 Å². The fourth-order valence-corrected chi connectivity index (χ4v) is 3.90. The average Bonchev–Trinajstić information content (AvgIpc) is 3.32. The van der Waals surface area contributed by atoms with Crippen molar-refractivity contribution in [3.05, 3.63) is 66.1 Å². The quantitative estimate of drug-likeness (QED) is 0.564. The maximum Gasteiger partial charge on any atom is 0.415 e. The number of ether oxygens (including phenoxy) is 1. The van der Waals surface area contributed by atoms with E-state index in [1.54, 1.807) is 47.3 Å². The third kappa shape index (κ3) is 5.34. The number of pyridine rings is 1. The Kier molecular flexibility index (Phi) is 6.37. The first-order valence-corrected chi connectivity index (χ1v) is 10.7. The number of carbonyl (C=O) groups is 2. The molecule has 3 heterocycles. The highest BCUT2D eigenvalue weighted by Crippen LogP contribution is 2.21. The van der Waals surface area contributed by atoms with Crippen LogP contribution in [0.15, 0.2) is 60.1 Å². The van der Waals surface area contributed by atoms with Crippen molar-refractivity contribution >= 4 is 29.6 Å². The first-order chi connectivity index (χ1) is 15.1. The molecule has 31 heavy (non-hydrogen) atoms. The van der Waals surface area contributed by atoms with Crippen molar-refractivity contribution in [3.63, 3.8) is 0 Å². The summed E-state index contributed by atoms with van der Waals surface area (Å²) in [5.74, 6) is 0.965. The highest BCUT2D eigenvalue weighted by Gasteiger charge is 2.23. The summed E-state index contributed by atoms with van der Waals surface area (Å²) in [5, 5.41) is 9.83. The number of nitrogens with zero attached hydrogens (tertiary/aromatic N) is 4. The number of benzene rings is 1. The van der Waals surface area contributed by atoms with E-state index in [9.17, 15) is 9.59 Å². The van der Waals surface area contributed by atoms with Crippen molar-refractivity contribution in [1.29, 1.82) is 0 Å². The monoisotopic (exact) mass is 439 g/mol. The summed E-state index contributed by atoms with van der Waals surface area (Å²) in [6, 6.07) is 10.7. The van der Waals surface area contributed by atoms with Crippen molar-refractivity contribution < 1.29 is 19.4 Å². The molecule has 9 nitrogen and oxygen atoms in total. The van der Waals surface area contributed by atoms with E-state index >= 15 is 0 Å². The largest absolute Gasteiger partial charge is 0.478 e. The summed E-state index contributed by atoms with van der Waals surface area (Å²) in [7, 11) is 0. The molecule has 0 unspecified atom stereocenters. The zero-order valence-corrected chi connectivity index (χ0v) is 17.4. The van der Waals surface area contributed by atoms with E-state index in [0.29, 0.717) is 37.7 Å². The van der Waals surface area contributed by atoms with Crippen LogP contribution in [0.5, 0.6) is 5.75 Å². The highest BCUT2D eigenvalue weighted by atomic mass is 32.2. The SMILES string of the molecule is O=C(O)c1ccc(N2CCN(C(=O)Oc3ccc(CSc4ncc[nH]4)cc3)CC2)nc1. The highest BCUT2D eigenvalue weighted by molar-refractivity contribution is 7.98. The molecule has 10 heteroatoms. The van der Waals surface area contributed by atoms with Crippen LogP contribution < -0.4 is 9.64 Å². The van der Waals surface area contributed by atoms with E-state index in [2.05, 4.69) is 15.0 Å². The van der Waals surface area contributed by atoms with Crippen molar-refractivity contribution in [3.8, 4) is 5.75 Å². The summed E-state index contributed by atoms with van der Waals surface area (Å²) in [6.07, 6.45) is 4.47. The van der Waals surface area contributed by atoms with Crippen LogP contribution in [0.25, 0.3) is 0 Å². The fraction of sp³-hybridized carbons (Fsp3) is 0.238. The lowest BCUT2D eigenvalue weighted by molar-refractivity contribution is 0.0696. The van der Waals surface area contributed by atoms with E-state index in [4.69, 9.17) is 9.84 Å². The lowest BCUT2D eigenvalue weighted by atomic mass is 10.2. The first-order valence-electron chi connectivity index (χ1n) is 9.70. The van der Waals surface area contributed by atoms with Gasteiger partial charge in [-0.3, -0.25) is 0 Å². The molecule has 1 aromatic carbocycles. The molecule has 160 valence electrons. The molecule has 1 fully saturated rings. The molecule has 0 radical (unpaired) electrons. The second kappa shape index (κ2) is 9.52. The minimum atomic E-state index is -1.00. The minimum absolute atomic E-state index is 0.150. The molecule has 2 N–H and O–H groups in total. The molecule has 1 aliphatic heterocycles. The van der Waals surface area contributed by atoms with Gasteiger partial charge in [-0.2, -0.15) is 0 Å². The molecule has 0 bridgehead atoms. The number of aromatic nitrogens is 3. The molecule has 1 amide bonds. The second-order valence-corrected chi connectivity index (χ2v) is 7.84. The van der Waals surface area contributed by atoms with Gasteiger partial charge in [0.25, 0.3) is 0 Å². The molecular formula is C21H21N5O4S. The van der Waals surface area contributed by atoms with Crippen LogP contribution in [0.3, 0.4) is 0 Å². The number of nitrogens with one attached hydrogen (secondary N) is 1. The van der Waals surface area contributed by atoms with Gasteiger partial charge in [0.15, 0.2) is 5.16 Å². The number of amides is 1. The number of carbonyl (C=O) groups excluding carboxylic acids is 1. The maximum absolute atomic E-state index is 12.5. The Morgan fingerprint density at radius 1 is 1.06 bits per heavy atom. The van der Waals surface area contributed by atoms with Gasteiger partial charge in [-0.1, -0.05) is 23.9 Å². The molecule has 0 aliphatic carbocycles.